The van der Waals surface area contributed by atoms with Gasteiger partial charge in [-0.2, -0.15) is 0 Å². The van der Waals surface area contributed by atoms with Gasteiger partial charge in [-0.1, -0.05) is 54.6 Å². The first-order valence-corrected chi connectivity index (χ1v) is 10.9. The number of amides is 1. The normalized spacial score (nSPS) is 11.7. The number of benzene rings is 4. The van der Waals surface area contributed by atoms with Gasteiger partial charge < -0.3 is 15.7 Å². The Labute approximate surface area is 197 Å². The highest BCUT2D eigenvalue weighted by molar-refractivity contribution is 9.10. The standard InChI is InChI=1S/C25H19BrFN3O3/c26-19-13-16(10-11-20(19)27)28-25(32)23(12-15-6-2-1-3-7-15)29-22-14-21(30-33)17-8-4-5-9-18(17)24(22)31/h1-11,13-14,23,29,31H,12H2,(H,28,32). The van der Waals surface area contributed by atoms with Crippen molar-refractivity contribution in [3.8, 4) is 5.75 Å². The van der Waals surface area contributed by atoms with Gasteiger partial charge in [0.1, 0.15) is 23.3 Å². The van der Waals surface area contributed by atoms with Gasteiger partial charge in [-0.25, -0.2) is 4.39 Å². The van der Waals surface area contributed by atoms with Gasteiger partial charge in [-0.15, -0.1) is 4.91 Å². The number of hydrogen-bond acceptors (Lipinski definition) is 5. The van der Waals surface area contributed by atoms with E-state index >= 15 is 0 Å². The fourth-order valence-electron chi connectivity index (χ4n) is 3.58. The maximum absolute atomic E-state index is 13.6. The minimum atomic E-state index is -0.817. The van der Waals surface area contributed by atoms with E-state index in [4.69, 9.17) is 0 Å². The van der Waals surface area contributed by atoms with Crippen molar-refractivity contribution in [2.75, 3.05) is 10.6 Å². The van der Waals surface area contributed by atoms with Crippen molar-refractivity contribution in [2.45, 2.75) is 12.5 Å². The maximum Gasteiger partial charge on any atom is 0.247 e. The molecule has 8 heteroatoms. The summed E-state index contributed by atoms with van der Waals surface area (Å²) in [4.78, 5) is 24.6. The summed E-state index contributed by atoms with van der Waals surface area (Å²) in [5, 5.41) is 20.7. The molecule has 166 valence electrons. The fourth-order valence-corrected chi connectivity index (χ4v) is 3.96. The van der Waals surface area contributed by atoms with E-state index in [0.29, 0.717) is 22.9 Å². The molecule has 0 bridgehead atoms. The topological polar surface area (TPSA) is 90.8 Å². The molecule has 4 aromatic rings. The third-order valence-corrected chi connectivity index (χ3v) is 5.82. The lowest BCUT2D eigenvalue weighted by Gasteiger charge is -2.21. The zero-order chi connectivity index (χ0) is 23.4. The zero-order valence-electron chi connectivity index (χ0n) is 17.3. The van der Waals surface area contributed by atoms with Crippen molar-refractivity contribution in [1.29, 1.82) is 0 Å². The van der Waals surface area contributed by atoms with Gasteiger partial charge in [0.15, 0.2) is 0 Å². The van der Waals surface area contributed by atoms with Crippen LogP contribution in [0.4, 0.5) is 21.5 Å². The van der Waals surface area contributed by atoms with E-state index in [9.17, 15) is 19.2 Å². The van der Waals surface area contributed by atoms with Gasteiger partial charge in [0.2, 0.25) is 5.91 Å². The van der Waals surface area contributed by atoms with Crippen LogP contribution in [0.5, 0.6) is 5.75 Å². The number of fused-ring (bicyclic) bond motifs is 1. The average Bonchev–Trinajstić information content (AvgIpc) is 2.83. The highest BCUT2D eigenvalue weighted by Gasteiger charge is 2.22. The molecular weight excluding hydrogens is 489 g/mol. The molecule has 0 aromatic heterocycles. The maximum atomic E-state index is 13.6. The van der Waals surface area contributed by atoms with Crippen LogP contribution in [0, 0.1) is 10.7 Å². The van der Waals surface area contributed by atoms with Crippen molar-refractivity contribution in [3.05, 3.63) is 99.6 Å². The SMILES string of the molecule is O=Nc1cc(NC(Cc2ccccc2)C(=O)Nc2ccc(F)c(Br)c2)c(O)c2ccccc12. The first-order chi connectivity index (χ1) is 16.0. The largest absolute Gasteiger partial charge is 0.505 e. The third-order valence-electron chi connectivity index (χ3n) is 5.21. The molecule has 0 fully saturated rings. The van der Waals surface area contributed by atoms with Gasteiger partial charge >= 0.3 is 0 Å². The summed E-state index contributed by atoms with van der Waals surface area (Å²) in [6.07, 6.45) is 0.297. The molecule has 1 amide bonds. The molecule has 1 unspecified atom stereocenters. The van der Waals surface area contributed by atoms with E-state index in [1.54, 1.807) is 24.3 Å². The number of phenolic OH excluding ortho intramolecular Hbond substituents is 1. The number of rotatable bonds is 7. The highest BCUT2D eigenvalue weighted by atomic mass is 79.9. The van der Waals surface area contributed by atoms with Gasteiger partial charge in [0.05, 0.1) is 10.2 Å². The molecule has 0 aliphatic rings. The number of phenols is 1. The molecule has 6 nitrogen and oxygen atoms in total. The van der Waals surface area contributed by atoms with Crippen LogP contribution < -0.4 is 10.6 Å². The van der Waals surface area contributed by atoms with E-state index in [1.807, 2.05) is 30.3 Å². The number of anilines is 2. The Balaban J connectivity index is 1.69. The quantitative estimate of drug-likeness (QED) is 0.196. The van der Waals surface area contributed by atoms with Crippen molar-refractivity contribution in [2.24, 2.45) is 5.18 Å². The predicted octanol–water partition coefficient (Wildman–Crippen LogP) is 6.51. The van der Waals surface area contributed by atoms with Crippen LogP contribution in [-0.4, -0.2) is 17.1 Å². The van der Waals surface area contributed by atoms with E-state index < -0.39 is 17.8 Å². The number of nitrogens with zero attached hydrogens (tertiary/aromatic N) is 1. The Morgan fingerprint density at radius 3 is 2.39 bits per heavy atom. The molecule has 4 rings (SSSR count). The van der Waals surface area contributed by atoms with E-state index in [0.717, 1.165) is 5.56 Å². The molecule has 0 heterocycles. The Bertz CT molecular complexity index is 1330. The lowest BCUT2D eigenvalue weighted by molar-refractivity contribution is -0.116. The number of nitroso groups, excluding NO2 is 1. The summed E-state index contributed by atoms with van der Waals surface area (Å²) in [5.74, 6) is -0.930. The van der Waals surface area contributed by atoms with Gasteiger partial charge in [-0.3, -0.25) is 4.79 Å². The van der Waals surface area contributed by atoms with Crippen LogP contribution in [-0.2, 0) is 11.2 Å². The second-order valence-corrected chi connectivity index (χ2v) is 8.29. The van der Waals surface area contributed by atoms with E-state index in [2.05, 4.69) is 31.7 Å². The summed E-state index contributed by atoms with van der Waals surface area (Å²) < 4.78 is 13.8. The van der Waals surface area contributed by atoms with Crippen LogP contribution >= 0.6 is 15.9 Å². The van der Waals surface area contributed by atoms with Crippen molar-refractivity contribution < 1.29 is 14.3 Å². The van der Waals surface area contributed by atoms with E-state index in [-0.39, 0.29) is 21.6 Å². The van der Waals surface area contributed by atoms with Gasteiger partial charge in [0.25, 0.3) is 0 Å². The minimum absolute atomic E-state index is 0.0895. The number of carbonyl (C=O) groups excluding carboxylic acids is 1. The second-order valence-electron chi connectivity index (χ2n) is 7.43. The van der Waals surface area contributed by atoms with Gasteiger partial charge in [-0.05, 0) is 50.9 Å². The minimum Gasteiger partial charge on any atom is -0.505 e. The van der Waals surface area contributed by atoms with Crippen LogP contribution in [0.25, 0.3) is 10.8 Å². The first-order valence-electron chi connectivity index (χ1n) is 10.1. The van der Waals surface area contributed by atoms with Crippen molar-refractivity contribution in [3.63, 3.8) is 0 Å². The van der Waals surface area contributed by atoms with Crippen LogP contribution in [0.1, 0.15) is 5.56 Å². The Hall–Kier alpha value is -3.78. The van der Waals surface area contributed by atoms with Crippen LogP contribution in [0.3, 0.4) is 0 Å². The summed E-state index contributed by atoms with van der Waals surface area (Å²) in [6, 6.07) is 21.0. The summed E-state index contributed by atoms with van der Waals surface area (Å²) in [6.45, 7) is 0. The van der Waals surface area contributed by atoms with E-state index in [1.165, 1.54) is 24.3 Å². The molecule has 1 atom stereocenters. The number of hydrogen-bond donors (Lipinski definition) is 3. The molecule has 4 aromatic carbocycles. The molecule has 0 saturated carbocycles. The van der Waals surface area contributed by atoms with Crippen LogP contribution in [0.15, 0.2) is 88.5 Å². The zero-order valence-corrected chi connectivity index (χ0v) is 18.8. The molecule has 33 heavy (non-hydrogen) atoms. The number of halogens is 2. The Morgan fingerprint density at radius 2 is 1.70 bits per heavy atom. The fraction of sp³-hybridized carbons (Fsp3) is 0.0800. The number of aromatic hydroxyl groups is 1. The van der Waals surface area contributed by atoms with Crippen LogP contribution in [0.2, 0.25) is 0 Å². The molecule has 0 saturated heterocycles. The Morgan fingerprint density at radius 1 is 1.00 bits per heavy atom. The van der Waals surface area contributed by atoms with Gasteiger partial charge in [0, 0.05) is 22.9 Å². The highest BCUT2D eigenvalue weighted by Crippen LogP contribution is 2.39. The molecule has 0 radical (unpaired) electrons. The number of nitrogens with one attached hydrogen (secondary N) is 2. The summed E-state index contributed by atoms with van der Waals surface area (Å²) >= 11 is 3.11. The summed E-state index contributed by atoms with van der Waals surface area (Å²) in [7, 11) is 0. The lowest BCUT2D eigenvalue weighted by Crippen LogP contribution is -2.36. The molecule has 0 spiro atoms. The Kier molecular flexibility index (Phi) is 6.65. The molecule has 3 N–H and O–H groups in total. The molecular formula is C25H19BrFN3O3. The lowest BCUT2D eigenvalue weighted by atomic mass is 10.0. The monoisotopic (exact) mass is 507 g/mol. The van der Waals surface area contributed by atoms with Crippen molar-refractivity contribution in [1.82, 2.24) is 0 Å². The smallest absolute Gasteiger partial charge is 0.247 e. The van der Waals surface area contributed by atoms with Crippen molar-refractivity contribution >= 4 is 49.7 Å². The average molecular weight is 508 g/mol. The molecule has 0 aliphatic heterocycles. The molecule has 0 aliphatic carbocycles. The third kappa shape index (κ3) is 5.01. The first kappa shape index (κ1) is 22.4. The summed E-state index contributed by atoms with van der Waals surface area (Å²) in [5.41, 5.74) is 1.65. The number of carbonyl (C=O) groups is 1. The predicted molar refractivity (Wildman–Crippen MR) is 131 cm³/mol. The second kappa shape index (κ2) is 9.79.